The molecule has 0 bridgehead atoms. The molecule has 0 heterocycles. The van der Waals surface area contributed by atoms with Crippen molar-refractivity contribution < 1.29 is 26.7 Å². The summed E-state index contributed by atoms with van der Waals surface area (Å²) in [5.74, 6) is 0.476. The second-order valence-electron chi connectivity index (χ2n) is 9.70. The molecule has 0 radical (unpaired) electrons. The molecule has 0 aromatic heterocycles. The van der Waals surface area contributed by atoms with E-state index >= 15 is 0 Å². The van der Waals surface area contributed by atoms with Crippen molar-refractivity contribution in [1.82, 2.24) is 21.3 Å². The van der Waals surface area contributed by atoms with E-state index in [1.165, 1.54) is 44.9 Å². The molecule has 8 nitrogen and oxygen atoms in total. The van der Waals surface area contributed by atoms with Gasteiger partial charge in [-0.25, -0.2) is 0 Å². The van der Waals surface area contributed by atoms with Crippen molar-refractivity contribution in [2.75, 3.05) is 26.2 Å². The minimum atomic E-state index is -0.312. The number of halogens is 1. The lowest BCUT2D eigenvalue weighted by atomic mass is 9.84. The van der Waals surface area contributed by atoms with Gasteiger partial charge in [0.1, 0.15) is 12.6 Å². The van der Waals surface area contributed by atoms with Crippen LogP contribution < -0.4 is 21.3 Å². The Bertz CT molecular complexity index is 634. The molecule has 2 fully saturated rings. The van der Waals surface area contributed by atoms with Crippen LogP contribution in [0.5, 0.6) is 0 Å². The second kappa shape index (κ2) is 31.4. The molecule has 40 heavy (non-hydrogen) atoms. The van der Waals surface area contributed by atoms with Crippen molar-refractivity contribution in [2.24, 2.45) is 11.8 Å². The summed E-state index contributed by atoms with van der Waals surface area (Å²) in [5.41, 5.74) is 0. The fourth-order valence-corrected chi connectivity index (χ4v) is 4.83. The number of rotatable bonds is 14. The van der Waals surface area contributed by atoms with Crippen LogP contribution in [-0.4, -0.2) is 62.6 Å². The Labute approximate surface area is 247 Å². The van der Waals surface area contributed by atoms with Gasteiger partial charge >= 0.3 is 0 Å². The summed E-state index contributed by atoms with van der Waals surface area (Å²) in [6.07, 6.45) is 17.2. The first kappa shape index (κ1) is 42.3. The Balaban J connectivity index is -0.000000183. The topological polar surface area (TPSA) is 116 Å². The molecule has 0 aliphatic heterocycles. The van der Waals surface area contributed by atoms with Gasteiger partial charge in [-0.15, -0.1) is 6.58 Å². The molecule has 0 aromatic rings. The average Bonchev–Trinajstić information content (AvgIpc) is 3.27. The van der Waals surface area contributed by atoms with E-state index in [4.69, 9.17) is 0 Å². The van der Waals surface area contributed by atoms with E-state index in [1.54, 1.807) is 6.08 Å². The zero-order valence-corrected chi connectivity index (χ0v) is 26.1. The highest BCUT2D eigenvalue weighted by Crippen LogP contribution is 2.26. The highest BCUT2D eigenvalue weighted by atomic mass is 19.0. The maximum absolute atomic E-state index is 11.7. The molecule has 0 spiro atoms. The normalized spacial score (nSPS) is 16.6. The monoisotopic (exact) mass is 576 g/mol. The van der Waals surface area contributed by atoms with Crippen molar-refractivity contribution in [3.05, 3.63) is 12.7 Å². The molecular formula is C31H65FN4O4. The summed E-state index contributed by atoms with van der Waals surface area (Å²) in [4.78, 5) is 45.4. The lowest BCUT2D eigenvalue weighted by molar-refractivity contribution is -0.124. The lowest BCUT2D eigenvalue weighted by Crippen LogP contribution is -2.45. The molecule has 240 valence electrons. The average molecular weight is 577 g/mol. The Hall–Kier alpha value is -2.13. The second-order valence-corrected chi connectivity index (χ2v) is 9.70. The molecule has 2 saturated carbocycles. The first-order valence-corrected chi connectivity index (χ1v) is 15.6. The van der Waals surface area contributed by atoms with Gasteiger partial charge in [-0.3, -0.25) is 14.3 Å². The number of aldehydes is 2. The van der Waals surface area contributed by atoms with Crippen molar-refractivity contribution in [3.63, 3.8) is 0 Å². The van der Waals surface area contributed by atoms with Gasteiger partial charge in [-0.2, -0.15) is 0 Å². The van der Waals surface area contributed by atoms with Crippen LogP contribution in [0.25, 0.3) is 0 Å². The van der Waals surface area contributed by atoms with E-state index in [1.807, 2.05) is 27.7 Å². The third kappa shape index (κ3) is 21.7. The molecule has 2 aliphatic rings. The number of carbonyl (C=O) groups excluding carboxylic acids is 4. The first-order valence-electron chi connectivity index (χ1n) is 15.6. The van der Waals surface area contributed by atoms with E-state index < -0.39 is 0 Å². The van der Waals surface area contributed by atoms with Gasteiger partial charge in [0.25, 0.3) is 0 Å². The van der Waals surface area contributed by atoms with Crippen molar-refractivity contribution in [3.8, 4) is 0 Å². The smallest absolute Gasteiger partial charge is 0.234 e. The van der Waals surface area contributed by atoms with Crippen LogP contribution >= 0.6 is 0 Å². The highest BCUT2D eigenvalue weighted by Gasteiger charge is 2.25. The van der Waals surface area contributed by atoms with Gasteiger partial charge in [0.05, 0.1) is 25.2 Å². The minimum absolute atomic E-state index is 0. The van der Waals surface area contributed by atoms with E-state index in [0.717, 1.165) is 51.2 Å². The maximum atomic E-state index is 11.7. The van der Waals surface area contributed by atoms with E-state index in [-0.39, 0.29) is 38.0 Å². The van der Waals surface area contributed by atoms with Crippen LogP contribution in [0.15, 0.2) is 12.7 Å². The zero-order valence-electron chi connectivity index (χ0n) is 26.1. The summed E-state index contributed by atoms with van der Waals surface area (Å²) in [6.45, 7) is 15.6. The third-order valence-electron chi connectivity index (χ3n) is 6.80. The van der Waals surface area contributed by atoms with Crippen molar-refractivity contribution in [2.45, 2.75) is 124 Å². The van der Waals surface area contributed by atoms with Crippen LogP contribution in [0.3, 0.4) is 0 Å². The lowest BCUT2D eigenvalue weighted by Gasteiger charge is -2.27. The van der Waals surface area contributed by atoms with Crippen LogP contribution in [-0.2, 0) is 19.2 Å². The maximum Gasteiger partial charge on any atom is 0.234 e. The standard InChI is InChI=1S/C14H26N2O2.C13H22N2O2.2C2H6.FH.2H2/c1-2-9-15-10-14(18)16-13(11-17)12-7-5-3-4-6-8-12;1-2-8-14-9-13(17)15-12(10-16)11-6-4-3-5-7-11;2*1-2;;;/h11-13,15H,2-10H2,1H3,(H,16,18);2,10-12,14H,1,3-9H2,(H,15,17);2*1-2H3;3*1H/t13-;12-;;;;;/m11...../s1. The molecule has 2 amide bonds. The molecule has 2 rings (SSSR count). The molecule has 0 saturated heterocycles. The Morgan fingerprint density at radius 1 is 0.750 bits per heavy atom. The number of carbonyl (C=O) groups is 4. The van der Waals surface area contributed by atoms with E-state index in [0.29, 0.717) is 24.9 Å². The number of nitrogens with one attached hydrogen (secondary N) is 4. The molecular weight excluding hydrogens is 511 g/mol. The summed E-state index contributed by atoms with van der Waals surface area (Å²) in [7, 11) is 0. The summed E-state index contributed by atoms with van der Waals surface area (Å²) in [5, 5.41) is 11.6. The quantitative estimate of drug-likeness (QED) is 0.0957. The number of hydrogen-bond donors (Lipinski definition) is 4. The SMILES string of the molecule is C=CCNCC(=O)N[C@H](C=O)C1CCCCC1.CC.CC.CCCNCC(=O)N[C@H](C=O)C1CCCCCC1.F.[HH].[HH]. The third-order valence-corrected chi connectivity index (χ3v) is 6.80. The fourth-order valence-electron chi connectivity index (χ4n) is 4.83. The van der Waals surface area contributed by atoms with Crippen LogP contribution in [0.2, 0.25) is 0 Å². The van der Waals surface area contributed by atoms with Gasteiger partial charge in [-0.1, -0.05) is 85.6 Å². The fraction of sp³-hybridized carbons (Fsp3) is 0.806. The molecule has 4 N–H and O–H groups in total. The van der Waals surface area contributed by atoms with E-state index in [2.05, 4.69) is 34.8 Å². The number of amides is 2. The largest absolute Gasteiger partial charge is 0.345 e. The molecule has 0 aromatic carbocycles. The van der Waals surface area contributed by atoms with Gasteiger partial charge in [0, 0.05) is 9.40 Å². The van der Waals surface area contributed by atoms with Crippen LogP contribution in [0, 0.1) is 11.8 Å². The zero-order chi connectivity index (χ0) is 29.7. The van der Waals surface area contributed by atoms with Crippen LogP contribution in [0.4, 0.5) is 4.70 Å². The van der Waals surface area contributed by atoms with Gasteiger partial charge < -0.3 is 30.9 Å². The predicted molar refractivity (Wildman–Crippen MR) is 169 cm³/mol. The van der Waals surface area contributed by atoms with Gasteiger partial charge in [0.15, 0.2) is 0 Å². The van der Waals surface area contributed by atoms with E-state index in [9.17, 15) is 19.2 Å². The Kier molecular flexibility index (Phi) is 33.2. The summed E-state index contributed by atoms with van der Waals surface area (Å²) >= 11 is 0. The van der Waals surface area contributed by atoms with Crippen molar-refractivity contribution in [1.29, 1.82) is 0 Å². The molecule has 2 atom stereocenters. The van der Waals surface area contributed by atoms with Crippen molar-refractivity contribution >= 4 is 24.4 Å². The summed E-state index contributed by atoms with van der Waals surface area (Å²) in [6, 6.07) is -0.604. The molecule has 0 unspecified atom stereocenters. The summed E-state index contributed by atoms with van der Waals surface area (Å²) < 4.78 is 0. The Morgan fingerprint density at radius 2 is 1.12 bits per heavy atom. The molecule has 9 heteroatoms. The predicted octanol–water partition coefficient (Wildman–Crippen LogP) is 5.36. The Morgan fingerprint density at radius 3 is 1.48 bits per heavy atom. The van der Waals surface area contributed by atoms with Gasteiger partial charge in [0.2, 0.25) is 11.8 Å². The molecule has 2 aliphatic carbocycles. The number of hydrogen-bond acceptors (Lipinski definition) is 6. The highest BCUT2D eigenvalue weighted by molar-refractivity contribution is 5.82. The van der Waals surface area contributed by atoms with Crippen LogP contribution in [0.1, 0.15) is 115 Å². The first-order chi connectivity index (χ1) is 19.0. The van der Waals surface area contributed by atoms with Gasteiger partial charge in [-0.05, 0) is 50.5 Å². The minimum Gasteiger partial charge on any atom is -0.345 e.